The Morgan fingerprint density at radius 3 is 3.11 bits per heavy atom. The zero-order valence-corrected chi connectivity index (χ0v) is 11.7. The monoisotopic (exact) mass is 323 g/mol. The summed E-state index contributed by atoms with van der Waals surface area (Å²) in [7, 11) is 0. The molecule has 1 aliphatic rings. The fourth-order valence-electron chi connectivity index (χ4n) is 1.80. The third kappa shape index (κ3) is 2.20. The molecular weight excluding hydrogens is 314 g/mol. The normalized spacial score (nSPS) is 17.9. The summed E-state index contributed by atoms with van der Waals surface area (Å²) in [5, 5.41) is 10.4. The second-order valence-corrected chi connectivity index (χ2v) is 5.80. The third-order valence-electron chi connectivity index (χ3n) is 2.72. The molecule has 1 atom stereocenters. The number of aromatic nitrogens is 1. The van der Waals surface area contributed by atoms with Crippen LogP contribution in [0.1, 0.15) is 11.7 Å². The number of thioether (sulfide) groups is 1. The first-order valence-electron chi connectivity index (χ1n) is 5.47. The van der Waals surface area contributed by atoms with Gasteiger partial charge >= 0.3 is 0 Å². The number of nitrogens with zero attached hydrogens (tertiary/aromatic N) is 1. The van der Waals surface area contributed by atoms with Crippen LogP contribution in [-0.4, -0.2) is 15.8 Å². The number of ether oxygens (including phenoxy) is 1. The van der Waals surface area contributed by atoms with Crippen molar-refractivity contribution < 1.29 is 9.84 Å². The van der Waals surface area contributed by atoms with Crippen molar-refractivity contribution in [1.29, 1.82) is 0 Å². The van der Waals surface area contributed by atoms with E-state index in [1.165, 1.54) is 0 Å². The molecule has 2 heterocycles. The highest BCUT2D eigenvalue weighted by molar-refractivity contribution is 9.10. The quantitative estimate of drug-likeness (QED) is 0.867. The number of benzene rings is 1. The van der Waals surface area contributed by atoms with E-state index in [0.717, 1.165) is 22.1 Å². The van der Waals surface area contributed by atoms with E-state index in [9.17, 15) is 5.11 Å². The number of hydrogen-bond donors (Lipinski definition) is 1. The molecule has 5 heteroatoms. The first-order valence-corrected chi connectivity index (χ1v) is 7.25. The second kappa shape index (κ2) is 4.82. The molecule has 3 nitrogen and oxygen atoms in total. The van der Waals surface area contributed by atoms with Crippen LogP contribution in [0.15, 0.2) is 46.0 Å². The van der Waals surface area contributed by atoms with E-state index in [-0.39, 0.29) is 11.9 Å². The van der Waals surface area contributed by atoms with Crippen LogP contribution in [-0.2, 0) is 0 Å². The summed E-state index contributed by atoms with van der Waals surface area (Å²) in [6.07, 6.45) is 1.76. The van der Waals surface area contributed by atoms with Gasteiger partial charge < -0.3 is 9.84 Å². The summed E-state index contributed by atoms with van der Waals surface area (Å²) in [5.41, 5.74) is 1.04. The van der Waals surface area contributed by atoms with Gasteiger partial charge in [-0.3, -0.25) is 0 Å². The molecule has 0 fully saturated rings. The van der Waals surface area contributed by atoms with Crippen molar-refractivity contribution in [2.75, 3.05) is 5.75 Å². The molecule has 1 N–H and O–H groups in total. The number of phenols is 1. The molecule has 0 saturated carbocycles. The number of aromatic hydroxyl groups is 1. The number of phenolic OH excluding ortho intramolecular Hbond substituents is 1. The Balaban J connectivity index is 1.89. The number of hydrogen-bond acceptors (Lipinski definition) is 4. The molecule has 0 spiro atoms. The third-order valence-corrected chi connectivity index (χ3v) is 4.41. The number of pyridine rings is 1. The fraction of sp³-hybridized carbons (Fsp3) is 0.154. The largest absolute Gasteiger partial charge is 0.507 e. The van der Waals surface area contributed by atoms with Crippen LogP contribution in [0.5, 0.6) is 11.5 Å². The van der Waals surface area contributed by atoms with Crippen LogP contribution < -0.4 is 4.74 Å². The molecule has 0 unspecified atom stereocenters. The zero-order valence-electron chi connectivity index (χ0n) is 9.34. The maximum Gasteiger partial charge on any atom is 0.152 e. The minimum atomic E-state index is -0.0106. The molecule has 0 saturated heterocycles. The van der Waals surface area contributed by atoms with E-state index >= 15 is 0 Å². The molecule has 1 aromatic carbocycles. The van der Waals surface area contributed by atoms with Crippen molar-refractivity contribution in [2.24, 2.45) is 0 Å². The van der Waals surface area contributed by atoms with Crippen LogP contribution in [0.3, 0.4) is 0 Å². The molecule has 0 bridgehead atoms. The Hall–Kier alpha value is -1.20. The second-order valence-electron chi connectivity index (χ2n) is 3.94. The van der Waals surface area contributed by atoms with E-state index in [4.69, 9.17) is 4.74 Å². The topological polar surface area (TPSA) is 42.4 Å². The Morgan fingerprint density at radius 1 is 1.39 bits per heavy atom. The molecule has 1 aliphatic heterocycles. The first-order chi connectivity index (χ1) is 8.74. The molecular formula is C13H10BrNO2S. The molecule has 0 amide bonds. The Kier molecular flexibility index (Phi) is 3.18. The van der Waals surface area contributed by atoms with E-state index in [2.05, 4.69) is 20.9 Å². The van der Waals surface area contributed by atoms with E-state index < -0.39 is 0 Å². The predicted octanol–water partition coefficient (Wildman–Crippen LogP) is 3.78. The summed E-state index contributed by atoms with van der Waals surface area (Å²) in [5.74, 6) is 1.88. The standard InChI is InChI=1S/C13H10BrNO2S/c14-9-6-8(3-4-10(9)16)12-7-18-13-11(17-12)2-1-5-15-13/h1-6,12,16H,7H2/t12-/m0/s1. The van der Waals surface area contributed by atoms with Crippen molar-refractivity contribution in [3.8, 4) is 11.5 Å². The van der Waals surface area contributed by atoms with Gasteiger partial charge in [0, 0.05) is 11.9 Å². The summed E-state index contributed by atoms with van der Waals surface area (Å²) in [6, 6.07) is 9.24. The van der Waals surface area contributed by atoms with Crippen LogP contribution in [0.4, 0.5) is 0 Å². The maximum atomic E-state index is 9.50. The Bertz CT molecular complexity index is 591. The molecule has 2 aromatic rings. The molecule has 0 aliphatic carbocycles. The highest BCUT2D eigenvalue weighted by Crippen LogP contribution is 2.39. The van der Waals surface area contributed by atoms with Crippen LogP contribution in [0.2, 0.25) is 0 Å². The first kappa shape index (κ1) is 11.9. The minimum absolute atomic E-state index is 0.0106. The van der Waals surface area contributed by atoms with E-state index in [1.807, 2.05) is 24.3 Å². The van der Waals surface area contributed by atoms with Gasteiger partial charge in [-0.2, -0.15) is 0 Å². The van der Waals surface area contributed by atoms with E-state index in [0.29, 0.717) is 4.47 Å². The van der Waals surface area contributed by atoms with Crippen molar-refractivity contribution >= 4 is 27.7 Å². The van der Waals surface area contributed by atoms with Crippen molar-refractivity contribution in [3.63, 3.8) is 0 Å². The number of rotatable bonds is 1. The molecule has 3 rings (SSSR count). The Labute approximate surface area is 117 Å². The van der Waals surface area contributed by atoms with Gasteiger partial charge in [0.05, 0.1) is 4.47 Å². The summed E-state index contributed by atoms with van der Waals surface area (Å²) in [4.78, 5) is 4.27. The summed E-state index contributed by atoms with van der Waals surface area (Å²) in [6.45, 7) is 0. The maximum absolute atomic E-state index is 9.50. The van der Waals surface area contributed by atoms with Crippen molar-refractivity contribution in [3.05, 3.63) is 46.6 Å². The SMILES string of the molecule is Oc1ccc([C@@H]2CSc3ncccc3O2)cc1Br. The lowest BCUT2D eigenvalue weighted by atomic mass is 10.1. The van der Waals surface area contributed by atoms with Crippen molar-refractivity contribution in [2.45, 2.75) is 11.1 Å². The molecule has 1 aromatic heterocycles. The van der Waals surface area contributed by atoms with Gasteiger partial charge in [-0.15, -0.1) is 0 Å². The van der Waals surface area contributed by atoms with Gasteiger partial charge in [0.1, 0.15) is 16.9 Å². The summed E-state index contributed by atoms with van der Waals surface area (Å²) < 4.78 is 6.61. The molecule has 18 heavy (non-hydrogen) atoms. The van der Waals surface area contributed by atoms with Gasteiger partial charge in [-0.25, -0.2) is 4.98 Å². The number of fused-ring (bicyclic) bond motifs is 1. The average Bonchev–Trinajstić information content (AvgIpc) is 2.41. The highest BCUT2D eigenvalue weighted by Gasteiger charge is 2.22. The van der Waals surface area contributed by atoms with Crippen LogP contribution in [0.25, 0.3) is 0 Å². The molecule has 0 radical (unpaired) electrons. The zero-order chi connectivity index (χ0) is 12.5. The van der Waals surface area contributed by atoms with Gasteiger partial charge in [0.15, 0.2) is 5.75 Å². The van der Waals surface area contributed by atoms with Crippen LogP contribution >= 0.6 is 27.7 Å². The Morgan fingerprint density at radius 2 is 2.28 bits per heavy atom. The minimum Gasteiger partial charge on any atom is -0.507 e. The lowest BCUT2D eigenvalue weighted by molar-refractivity contribution is 0.218. The van der Waals surface area contributed by atoms with Gasteiger partial charge in [-0.05, 0) is 45.8 Å². The van der Waals surface area contributed by atoms with Crippen LogP contribution in [0, 0.1) is 0 Å². The summed E-state index contributed by atoms with van der Waals surface area (Å²) >= 11 is 5.01. The van der Waals surface area contributed by atoms with Gasteiger partial charge in [0.2, 0.25) is 0 Å². The smallest absolute Gasteiger partial charge is 0.152 e. The number of halogens is 1. The van der Waals surface area contributed by atoms with E-state index in [1.54, 1.807) is 24.0 Å². The lowest BCUT2D eigenvalue weighted by Gasteiger charge is -2.25. The predicted molar refractivity (Wildman–Crippen MR) is 74.1 cm³/mol. The van der Waals surface area contributed by atoms with Crippen molar-refractivity contribution in [1.82, 2.24) is 4.98 Å². The highest BCUT2D eigenvalue weighted by atomic mass is 79.9. The average molecular weight is 324 g/mol. The fourth-order valence-corrected chi connectivity index (χ4v) is 3.16. The lowest BCUT2D eigenvalue weighted by Crippen LogP contribution is -2.15. The molecule has 92 valence electrons. The van der Waals surface area contributed by atoms with Gasteiger partial charge in [-0.1, -0.05) is 17.8 Å². The van der Waals surface area contributed by atoms with Gasteiger partial charge in [0.25, 0.3) is 0 Å².